The number of aryl methyl sites for hydroxylation is 1. The predicted molar refractivity (Wildman–Crippen MR) is 84.5 cm³/mol. The molecule has 0 atom stereocenters. The molecule has 0 unspecified atom stereocenters. The van der Waals surface area contributed by atoms with E-state index in [9.17, 15) is 22.8 Å². The molecule has 0 spiro atoms. The highest BCUT2D eigenvalue weighted by molar-refractivity contribution is 7.16. The number of thiophene rings is 1. The van der Waals surface area contributed by atoms with Crippen LogP contribution in [0.2, 0.25) is 0 Å². The van der Waals surface area contributed by atoms with Crippen LogP contribution in [0.15, 0.2) is 24.3 Å². The number of anilines is 1. The Morgan fingerprint density at radius 1 is 1.21 bits per heavy atom. The van der Waals surface area contributed by atoms with E-state index in [0.29, 0.717) is 5.56 Å². The molecule has 1 heterocycles. The number of benzene rings is 1. The molecule has 2 rings (SSSR count). The van der Waals surface area contributed by atoms with E-state index < -0.39 is 23.6 Å². The van der Waals surface area contributed by atoms with Gasteiger partial charge in [-0.05, 0) is 37.6 Å². The third kappa shape index (κ3) is 3.59. The molecular weight excluding hydrogens is 343 g/mol. The molecule has 1 aromatic heterocycles. The molecule has 0 aliphatic carbocycles. The van der Waals surface area contributed by atoms with Gasteiger partial charge in [-0.2, -0.15) is 13.2 Å². The SMILES string of the molecule is COC(=O)c1c(NC(=O)c2cccc(C(F)(F)F)c2)sc(C)c1C. The fourth-order valence-electron chi connectivity index (χ4n) is 2.07. The molecule has 1 aromatic carbocycles. The first-order chi connectivity index (χ1) is 11.1. The molecule has 1 amide bonds. The lowest BCUT2D eigenvalue weighted by molar-refractivity contribution is -0.137. The molecular formula is C16H14F3NO3S. The molecule has 0 fully saturated rings. The number of rotatable bonds is 3. The maximum Gasteiger partial charge on any atom is 0.416 e. The minimum absolute atomic E-state index is 0.149. The average Bonchev–Trinajstić information content (AvgIpc) is 2.80. The van der Waals surface area contributed by atoms with Crippen molar-refractivity contribution in [3.63, 3.8) is 0 Å². The molecule has 24 heavy (non-hydrogen) atoms. The summed E-state index contributed by atoms with van der Waals surface area (Å²) < 4.78 is 42.9. The zero-order valence-electron chi connectivity index (χ0n) is 13.1. The van der Waals surface area contributed by atoms with Crippen LogP contribution in [0.5, 0.6) is 0 Å². The van der Waals surface area contributed by atoms with Crippen LogP contribution in [0.25, 0.3) is 0 Å². The lowest BCUT2D eigenvalue weighted by Crippen LogP contribution is -2.15. The van der Waals surface area contributed by atoms with Crippen molar-refractivity contribution >= 4 is 28.2 Å². The zero-order valence-corrected chi connectivity index (χ0v) is 13.9. The minimum atomic E-state index is -4.54. The van der Waals surface area contributed by atoms with Gasteiger partial charge in [0.05, 0.1) is 18.2 Å². The van der Waals surface area contributed by atoms with Crippen LogP contribution < -0.4 is 5.32 Å². The van der Waals surface area contributed by atoms with Crippen LogP contribution >= 0.6 is 11.3 Å². The number of hydrogen-bond donors (Lipinski definition) is 1. The van der Waals surface area contributed by atoms with E-state index in [0.717, 1.165) is 34.4 Å². The number of carbonyl (C=O) groups is 2. The van der Waals surface area contributed by atoms with Gasteiger partial charge in [0.2, 0.25) is 0 Å². The van der Waals surface area contributed by atoms with Crippen LogP contribution in [-0.4, -0.2) is 19.0 Å². The van der Waals surface area contributed by atoms with Crippen LogP contribution in [0.3, 0.4) is 0 Å². The Morgan fingerprint density at radius 2 is 1.88 bits per heavy atom. The van der Waals surface area contributed by atoms with Crippen LogP contribution in [0.1, 0.15) is 36.7 Å². The molecule has 2 aromatic rings. The summed E-state index contributed by atoms with van der Waals surface area (Å²) in [6, 6.07) is 4.08. The van der Waals surface area contributed by atoms with E-state index in [-0.39, 0.29) is 16.1 Å². The van der Waals surface area contributed by atoms with Crippen LogP contribution in [0, 0.1) is 13.8 Å². The van der Waals surface area contributed by atoms with Crippen molar-refractivity contribution in [1.29, 1.82) is 0 Å². The van der Waals surface area contributed by atoms with E-state index >= 15 is 0 Å². The number of methoxy groups -OCH3 is 1. The first-order valence-corrected chi connectivity index (χ1v) is 7.63. The highest BCUT2D eigenvalue weighted by Gasteiger charge is 2.31. The Kier molecular flexibility index (Phi) is 4.98. The number of alkyl halides is 3. The Balaban J connectivity index is 2.34. The first-order valence-electron chi connectivity index (χ1n) is 6.82. The molecule has 0 saturated heterocycles. The topological polar surface area (TPSA) is 55.4 Å². The lowest BCUT2D eigenvalue weighted by Gasteiger charge is -2.09. The number of nitrogens with one attached hydrogen (secondary N) is 1. The average molecular weight is 357 g/mol. The summed E-state index contributed by atoms with van der Waals surface area (Å²) >= 11 is 1.16. The number of hydrogen-bond acceptors (Lipinski definition) is 4. The third-order valence-corrected chi connectivity index (χ3v) is 4.58. The monoisotopic (exact) mass is 357 g/mol. The molecule has 8 heteroatoms. The standard InChI is InChI=1S/C16H14F3NO3S/c1-8-9(2)24-14(12(8)15(22)23-3)20-13(21)10-5-4-6-11(7-10)16(17,18)19/h4-7H,1-3H3,(H,20,21). The van der Waals surface area contributed by atoms with Crippen molar-refractivity contribution in [2.45, 2.75) is 20.0 Å². The number of carbonyl (C=O) groups excluding carboxylic acids is 2. The number of ether oxygens (including phenoxy) is 1. The fraction of sp³-hybridized carbons (Fsp3) is 0.250. The van der Waals surface area contributed by atoms with Crippen LogP contribution in [-0.2, 0) is 10.9 Å². The van der Waals surface area contributed by atoms with Gasteiger partial charge in [-0.3, -0.25) is 4.79 Å². The summed E-state index contributed by atoms with van der Waals surface area (Å²) in [7, 11) is 1.22. The first kappa shape index (κ1) is 18.0. The second-order valence-electron chi connectivity index (χ2n) is 5.01. The Hall–Kier alpha value is -2.35. The molecule has 0 aliphatic heterocycles. The largest absolute Gasteiger partial charge is 0.465 e. The highest BCUT2D eigenvalue weighted by Crippen LogP contribution is 2.34. The predicted octanol–water partition coefficient (Wildman–Crippen LogP) is 4.42. The van der Waals surface area contributed by atoms with Gasteiger partial charge in [0.15, 0.2) is 0 Å². The van der Waals surface area contributed by atoms with E-state index in [4.69, 9.17) is 0 Å². The van der Waals surface area contributed by atoms with Gasteiger partial charge in [-0.25, -0.2) is 4.79 Å². The van der Waals surface area contributed by atoms with Crippen LogP contribution in [0.4, 0.5) is 18.2 Å². The maximum atomic E-state index is 12.7. The van der Waals surface area contributed by atoms with Crippen molar-refractivity contribution in [2.75, 3.05) is 12.4 Å². The summed E-state index contributed by atoms with van der Waals surface area (Å²) in [6.07, 6.45) is -4.54. The van der Waals surface area contributed by atoms with Crippen molar-refractivity contribution in [3.8, 4) is 0 Å². The second-order valence-corrected chi connectivity index (χ2v) is 6.24. The quantitative estimate of drug-likeness (QED) is 0.827. The van der Waals surface area contributed by atoms with Gasteiger partial charge in [0, 0.05) is 10.4 Å². The summed E-state index contributed by atoms with van der Waals surface area (Å²) in [4.78, 5) is 24.9. The number of amides is 1. The molecule has 0 saturated carbocycles. The van der Waals surface area contributed by atoms with Gasteiger partial charge >= 0.3 is 12.1 Å². The fourth-order valence-corrected chi connectivity index (χ4v) is 3.12. The van der Waals surface area contributed by atoms with E-state index in [1.54, 1.807) is 13.8 Å². The zero-order chi connectivity index (χ0) is 18.1. The summed E-state index contributed by atoms with van der Waals surface area (Å²) in [5, 5.41) is 2.74. The number of halogens is 3. The van der Waals surface area contributed by atoms with Gasteiger partial charge in [-0.1, -0.05) is 6.07 Å². The van der Waals surface area contributed by atoms with E-state index in [1.807, 2.05) is 0 Å². The highest BCUT2D eigenvalue weighted by atomic mass is 32.1. The Labute approximate surface area is 140 Å². The Bertz CT molecular complexity index is 796. The molecule has 1 N–H and O–H groups in total. The third-order valence-electron chi connectivity index (χ3n) is 3.45. The van der Waals surface area contributed by atoms with Gasteiger partial charge in [0.25, 0.3) is 5.91 Å². The van der Waals surface area contributed by atoms with E-state index in [1.165, 1.54) is 13.2 Å². The Morgan fingerprint density at radius 3 is 2.46 bits per heavy atom. The smallest absolute Gasteiger partial charge is 0.416 e. The van der Waals surface area contributed by atoms with Crippen molar-refractivity contribution in [2.24, 2.45) is 0 Å². The molecule has 0 radical (unpaired) electrons. The molecule has 0 bridgehead atoms. The molecule has 128 valence electrons. The number of esters is 1. The summed E-state index contributed by atoms with van der Waals surface area (Å²) in [6.45, 7) is 3.48. The molecule has 4 nitrogen and oxygen atoms in total. The van der Waals surface area contributed by atoms with E-state index in [2.05, 4.69) is 10.1 Å². The minimum Gasteiger partial charge on any atom is -0.465 e. The van der Waals surface area contributed by atoms with Gasteiger partial charge < -0.3 is 10.1 Å². The maximum absolute atomic E-state index is 12.7. The second kappa shape index (κ2) is 6.64. The summed E-state index contributed by atoms with van der Waals surface area (Å²) in [5.41, 5.74) is -0.197. The molecule has 0 aliphatic rings. The normalized spacial score (nSPS) is 11.2. The van der Waals surface area contributed by atoms with Crippen molar-refractivity contribution in [3.05, 3.63) is 51.4 Å². The van der Waals surface area contributed by atoms with Gasteiger partial charge in [-0.15, -0.1) is 11.3 Å². The lowest BCUT2D eigenvalue weighted by atomic mass is 10.1. The van der Waals surface area contributed by atoms with Crippen molar-refractivity contribution in [1.82, 2.24) is 0 Å². The van der Waals surface area contributed by atoms with Gasteiger partial charge in [0.1, 0.15) is 5.00 Å². The van der Waals surface area contributed by atoms with Crippen molar-refractivity contribution < 1.29 is 27.5 Å². The summed E-state index contributed by atoms with van der Waals surface area (Å²) in [5.74, 6) is -1.34.